The first-order valence-electron chi connectivity index (χ1n) is 15.5. The molecule has 4 aromatic carbocycles. The van der Waals surface area contributed by atoms with Gasteiger partial charge < -0.3 is 18.9 Å². The van der Waals surface area contributed by atoms with Gasteiger partial charge in [-0.25, -0.2) is 4.98 Å². The maximum absolute atomic E-state index is 12.2. The van der Waals surface area contributed by atoms with Gasteiger partial charge in [0.1, 0.15) is 17.9 Å². The van der Waals surface area contributed by atoms with Gasteiger partial charge in [-0.15, -0.1) is 0 Å². The predicted molar refractivity (Wildman–Crippen MR) is 174 cm³/mol. The minimum Gasteiger partial charge on any atom is -0.374 e. The van der Waals surface area contributed by atoms with Crippen molar-refractivity contribution in [3.63, 3.8) is 0 Å². The first kappa shape index (κ1) is 29.9. The highest BCUT2D eigenvalue weighted by Gasteiger charge is 2.43. The normalized spacial score (nSPS) is 18.3. The van der Waals surface area contributed by atoms with Crippen LogP contribution in [0.3, 0.4) is 0 Å². The Morgan fingerprint density at radius 3 is 1.98 bits per heavy atom. The van der Waals surface area contributed by atoms with Crippen LogP contribution in [0.5, 0.6) is 0 Å². The van der Waals surface area contributed by atoms with Crippen LogP contribution in [0.1, 0.15) is 34.9 Å². The molecule has 0 radical (unpaired) electrons. The van der Waals surface area contributed by atoms with Gasteiger partial charge in [-0.3, -0.25) is 19.6 Å². The van der Waals surface area contributed by atoms with Gasteiger partial charge in [-0.05, 0) is 22.3 Å². The standard InChI is InChI=1S/C37H36N4O5/c42-36-34-35(39-40-36)41(26-38-34)33-23-31(44-22-21-43-24-27-13-5-1-6-14-27)32(46-33)25-45-37(28-15-7-2-8-16-28,29-17-9-3-10-18-29)30-19-11-4-12-20-30/h1-20,26,31-33H,21-25H2,(H2,39,40,42)/t31?,32-,33-/m1/s1. The van der Waals surface area contributed by atoms with Crippen molar-refractivity contribution in [3.8, 4) is 0 Å². The van der Waals surface area contributed by atoms with Gasteiger partial charge in [0.25, 0.3) is 5.56 Å². The summed E-state index contributed by atoms with van der Waals surface area (Å²) >= 11 is 0. The zero-order valence-electron chi connectivity index (χ0n) is 25.3. The minimum atomic E-state index is -0.900. The highest BCUT2D eigenvalue weighted by Crippen LogP contribution is 2.42. The van der Waals surface area contributed by atoms with Crippen LogP contribution in [0.2, 0.25) is 0 Å². The molecule has 1 fully saturated rings. The third-order valence-corrected chi connectivity index (χ3v) is 8.47. The second kappa shape index (κ2) is 13.7. The summed E-state index contributed by atoms with van der Waals surface area (Å²) in [4.78, 5) is 16.5. The van der Waals surface area contributed by atoms with Gasteiger partial charge in [-0.2, -0.15) is 0 Å². The third-order valence-electron chi connectivity index (χ3n) is 8.47. The average Bonchev–Trinajstić information content (AvgIpc) is 3.83. The lowest BCUT2D eigenvalue weighted by Crippen LogP contribution is -2.38. The van der Waals surface area contributed by atoms with Crippen LogP contribution in [0, 0.1) is 0 Å². The summed E-state index contributed by atoms with van der Waals surface area (Å²) in [5.41, 5.74) is 3.89. The molecule has 0 saturated carbocycles. The third kappa shape index (κ3) is 6.05. The Bertz CT molecular complexity index is 1780. The van der Waals surface area contributed by atoms with Gasteiger partial charge in [0.05, 0.1) is 38.9 Å². The van der Waals surface area contributed by atoms with E-state index < -0.39 is 17.9 Å². The van der Waals surface area contributed by atoms with E-state index in [2.05, 4.69) is 51.6 Å². The van der Waals surface area contributed by atoms with E-state index in [1.165, 1.54) is 0 Å². The average molecular weight is 617 g/mol. The van der Waals surface area contributed by atoms with Gasteiger partial charge in [0.2, 0.25) is 0 Å². The van der Waals surface area contributed by atoms with Gasteiger partial charge in [0, 0.05) is 6.42 Å². The van der Waals surface area contributed by atoms with Crippen molar-refractivity contribution >= 4 is 11.2 Å². The van der Waals surface area contributed by atoms with Gasteiger partial charge >= 0.3 is 0 Å². The van der Waals surface area contributed by atoms with Crippen molar-refractivity contribution in [2.45, 2.75) is 37.1 Å². The number of H-pyrrole nitrogens is 2. The fraction of sp³-hybridized carbons (Fsp3) is 0.243. The predicted octanol–water partition coefficient (Wildman–Crippen LogP) is 5.95. The molecular weight excluding hydrogens is 580 g/mol. The van der Waals surface area contributed by atoms with Gasteiger partial charge in [-0.1, -0.05) is 121 Å². The molecule has 7 rings (SSSR count). The zero-order chi connectivity index (χ0) is 31.2. The molecule has 46 heavy (non-hydrogen) atoms. The number of aromatic amines is 2. The summed E-state index contributed by atoms with van der Waals surface area (Å²) < 4.78 is 28.0. The number of rotatable bonds is 13. The minimum absolute atomic E-state index is 0.242. The lowest BCUT2D eigenvalue weighted by molar-refractivity contribution is -0.107. The Hall–Kier alpha value is -4.80. The van der Waals surface area contributed by atoms with Crippen molar-refractivity contribution in [1.29, 1.82) is 0 Å². The van der Waals surface area contributed by atoms with Crippen molar-refractivity contribution in [3.05, 3.63) is 160 Å². The van der Waals surface area contributed by atoms with E-state index in [9.17, 15) is 4.79 Å². The number of nitrogens with one attached hydrogen (secondary N) is 2. The van der Waals surface area contributed by atoms with Crippen molar-refractivity contribution in [1.82, 2.24) is 19.7 Å². The van der Waals surface area contributed by atoms with Crippen LogP contribution in [0.4, 0.5) is 0 Å². The van der Waals surface area contributed by atoms with Crippen LogP contribution in [0.25, 0.3) is 11.2 Å². The number of imidazole rings is 1. The molecule has 2 N–H and O–H groups in total. The molecule has 1 aliphatic heterocycles. The highest BCUT2D eigenvalue weighted by molar-refractivity contribution is 5.69. The molecule has 6 aromatic rings. The Kier molecular flexibility index (Phi) is 8.89. The molecule has 0 amide bonds. The molecule has 234 valence electrons. The number of nitrogens with zero attached hydrogens (tertiary/aromatic N) is 2. The zero-order valence-corrected chi connectivity index (χ0v) is 25.3. The van der Waals surface area contributed by atoms with E-state index in [0.717, 1.165) is 22.3 Å². The molecule has 3 heterocycles. The summed E-state index contributed by atoms with van der Waals surface area (Å²) in [5.74, 6) is 0. The van der Waals surface area contributed by atoms with E-state index >= 15 is 0 Å². The maximum atomic E-state index is 12.2. The van der Waals surface area contributed by atoms with Crippen LogP contribution >= 0.6 is 0 Å². The number of fused-ring (bicyclic) bond motifs is 1. The van der Waals surface area contributed by atoms with E-state index in [-0.39, 0.29) is 18.3 Å². The molecule has 2 aromatic heterocycles. The Morgan fingerprint density at radius 2 is 1.37 bits per heavy atom. The summed E-state index contributed by atoms with van der Waals surface area (Å²) in [6.45, 7) is 1.59. The Labute approximate surface area is 266 Å². The number of benzene rings is 4. The van der Waals surface area contributed by atoms with Crippen molar-refractivity contribution in [2.24, 2.45) is 0 Å². The second-order valence-corrected chi connectivity index (χ2v) is 11.3. The molecule has 9 nitrogen and oxygen atoms in total. The molecule has 1 saturated heterocycles. The van der Waals surface area contributed by atoms with E-state index in [1.54, 1.807) is 6.33 Å². The quantitative estimate of drug-likeness (QED) is 0.123. The Balaban J connectivity index is 1.16. The van der Waals surface area contributed by atoms with Crippen LogP contribution < -0.4 is 5.56 Å². The number of aromatic nitrogens is 4. The van der Waals surface area contributed by atoms with E-state index in [4.69, 9.17) is 18.9 Å². The van der Waals surface area contributed by atoms with E-state index in [1.807, 2.05) is 89.5 Å². The largest absolute Gasteiger partial charge is 0.374 e. The molecular formula is C37H36N4O5. The number of hydrogen-bond acceptors (Lipinski definition) is 6. The first-order valence-corrected chi connectivity index (χ1v) is 15.5. The van der Waals surface area contributed by atoms with Crippen molar-refractivity contribution < 1.29 is 18.9 Å². The SMILES string of the molecule is O=c1[nH][nH]c2c1ncn2[C@H]1CC(OCCOCc2ccccc2)[C@@H](COC(c2ccccc2)(c2ccccc2)c2ccccc2)O1. The monoisotopic (exact) mass is 616 g/mol. The topological polar surface area (TPSA) is 103 Å². The first-order chi connectivity index (χ1) is 22.7. The summed E-state index contributed by atoms with van der Waals surface area (Å²) in [5, 5.41) is 5.54. The fourth-order valence-corrected chi connectivity index (χ4v) is 6.24. The van der Waals surface area contributed by atoms with Crippen LogP contribution in [-0.2, 0) is 31.2 Å². The molecule has 1 unspecified atom stereocenters. The summed E-state index contributed by atoms with van der Waals surface area (Å²) in [7, 11) is 0. The van der Waals surface area contributed by atoms with Crippen LogP contribution in [-0.4, -0.2) is 51.8 Å². The van der Waals surface area contributed by atoms with Crippen LogP contribution in [0.15, 0.2) is 132 Å². The maximum Gasteiger partial charge on any atom is 0.292 e. The molecule has 3 atom stereocenters. The molecule has 0 aliphatic carbocycles. The molecule has 1 aliphatic rings. The molecule has 0 bridgehead atoms. The summed E-state index contributed by atoms with van der Waals surface area (Å²) in [6, 6.07) is 40.9. The smallest absolute Gasteiger partial charge is 0.292 e. The van der Waals surface area contributed by atoms with Gasteiger partial charge in [0.15, 0.2) is 11.2 Å². The second-order valence-electron chi connectivity index (χ2n) is 11.3. The fourth-order valence-electron chi connectivity index (χ4n) is 6.24. The number of hydrogen-bond donors (Lipinski definition) is 2. The highest BCUT2D eigenvalue weighted by atomic mass is 16.6. The summed E-state index contributed by atoms with van der Waals surface area (Å²) in [6.07, 6.45) is 1.04. The van der Waals surface area contributed by atoms with E-state index in [0.29, 0.717) is 37.4 Å². The van der Waals surface area contributed by atoms with Crippen molar-refractivity contribution in [2.75, 3.05) is 19.8 Å². The molecule has 0 spiro atoms. The molecule has 9 heteroatoms. The Morgan fingerprint density at radius 1 is 0.783 bits per heavy atom. The lowest BCUT2D eigenvalue weighted by Gasteiger charge is -2.37. The number of ether oxygens (including phenoxy) is 4. The lowest BCUT2D eigenvalue weighted by atomic mass is 9.80.